The molecule has 1 saturated heterocycles. The van der Waals surface area contributed by atoms with Crippen molar-refractivity contribution < 1.29 is 14.3 Å². The van der Waals surface area contributed by atoms with Gasteiger partial charge in [0.15, 0.2) is 0 Å². The number of piperazine rings is 1. The third-order valence-corrected chi connectivity index (χ3v) is 6.82. The van der Waals surface area contributed by atoms with Crippen LogP contribution >= 0.6 is 0 Å². The molecule has 6 heteroatoms. The Labute approximate surface area is 210 Å². The topological polar surface area (TPSA) is 53.1 Å². The highest BCUT2D eigenvalue weighted by molar-refractivity contribution is 5.94. The number of esters is 1. The maximum atomic E-state index is 13.4. The largest absolute Gasteiger partial charge is 0.466 e. The molecule has 2 atom stereocenters. The molecule has 0 radical (unpaired) electrons. The van der Waals surface area contributed by atoms with Crippen LogP contribution in [0.25, 0.3) is 6.08 Å². The Morgan fingerprint density at radius 1 is 1.00 bits per heavy atom. The van der Waals surface area contributed by atoms with Gasteiger partial charge < -0.3 is 9.64 Å². The molecule has 1 aliphatic rings. The molecule has 188 valence electrons. The molecule has 35 heavy (non-hydrogen) atoms. The van der Waals surface area contributed by atoms with Crippen LogP contribution in [0.1, 0.15) is 54.7 Å². The Hall–Kier alpha value is -2.96. The molecule has 1 aliphatic heterocycles. The van der Waals surface area contributed by atoms with E-state index in [2.05, 4.69) is 66.5 Å². The van der Waals surface area contributed by atoms with Gasteiger partial charge in [-0.3, -0.25) is 14.6 Å². The molecule has 0 aliphatic carbocycles. The van der Waals surface area contributed by atoms with E-state index >= 15 is 0 Å². The summed E-state index contributed by atoms with van der Waals surface area (Å²) in [6, 6.07) is 16.8. The zero-order valence-corrected chi connectivity index (χ0v) is 21.7. The fourth-order valence-corrected chi connectivity index (χ4v) is 4.70. The minimum atomic E-state index is -0.361. The molecule has 1 heterocycles. The van der Waals surface area contributed by atoms with Gasteiger partial charge in [-0.15, -0.1) is 0 Å². The molecule has 3 rings (SSSR count). The number of amides is 1. The Kier molecular flexibility index (Phi) is 9.64. The van der Waals surface area contributed by atoms with Gasteiger partial charge in [-0.1, -0.05) is 50.2 Å². The van der Waals surface area contributed by atoms with Gasteiger partial charge >= 0.3 is 5.97 Å². The first-order valence-corrected chi connectivity index (χ1v) is 12.6. The number of carbonyl (C=O) groups excluding carboxylic acids is 2. The molecule has 0 N–H and O–H groups in total. The van der Waals surface area contributed by atoms with Crippen LogP contribution in [-0.4, -0.2) is 71.9 Å². The van der Waals surface area contributed by atoms with Crippen molar-refractivity contribution in [1.29, 1.82) is 0 Å². The van der Waals surface area contributed by atoms with E-state index in [1.54, 1.807) is 6.08 Å². The van der Waals surface area contributed by atoms with Gasteiger partial charge in [-0.05, 0) is 61.8 Å². The van der Waals surface area contributed by atoms with Crippen LogP contribution in [0.4, 0.5) is 0 Å². The summed E-state index contributed by atoms with van der Waals surface area (Å²) in [7, 11) is 1.37. The predicted octanol–water partition coefficient (Wildman–Crippen LogP) is 4.45. The Morgan fingerprint density at radius 3 is 2.26 bits per heavy atom. The molecule has 1 fully saturated rings. The number of rotatable bonds is 9. The summed E-state index contributed by atoms with van der Waals surface area (Å²) in [5.41, 5.74) is 4.13. The third-order valence-electron chi connectivity index (χ3n) is 6.82. The normalized spacial score (nSPS) is 18.9. The number of hydrogen-bond donors (Lipinski definition) is 0. The van der Waals surface area contributed by atoms with E-state index in [-0.39, 0.29) is 24.0 Å². The van der Waals surface area contributed by atoms with Gasteiger partial charge in [0.05, 0.1) is 7.11 Å². The summed E-state index contributed by atoms with van der Waals surface area (Å²) < 4.78 is 4.64. The molecule has 2 aromatic carbocycles. The molecular formula is C29H39N3O3. The van der Waals surface area contributed by atoms with Crippen molar-refractivity contribution in [3.63, 3.8) is 0 Å². The van der Waals surface area contributed by atoms with Crippen LogP contribution in [0, 0.1) is 0 Å². The lowest BCUT2D eigenvalue weighted by molar-refractivity contribution is -0.134. The van der Waals surface area contributed by atoms with E-state index in [4.69, 9.17) is 0 Å². The van der Waals surface area contributed by atoms with Gasteiger partial charge in [0.1, 0.15) is 0 Å². The fourth-order valence-electron chi connectivity index (χ4n) is 4.70. The van der Waals surface area contributed by atoms with Gasteiger partial charge in [0, 0.05) is 49.9 Å². The maximum Gasteiger partial charge on any atom is 0.330 e. The van der Waals surface area contributed by atoms with Gasteiger partial charge in [0.25, 0.3) is 5.91 Å². The van der Waals surface area contributed by atoms with Crippen LogP contribution in [0.2, 0.25) is 0 Å². The fraction of sp³-hybridized carbons (Fsp3) is 0.448. The second kappa shape index (κ2) is 12.7. The summed E-state index contributed by atoms with van der Waals surface area (Å²) >= 11 is 0. The van der Waals surface area contributed by atoms with Crippen LogP contribution < -0.4 is 0 Å². The number of carbonyl (C=O) groups is 2. The summed E-state index contributed by atoms with van der Waals surface area (Å²) in [6.07, 6.45) is 3.18. The van der Waals surface area contributed by atoms with Crippen molar-refractivity contribution in [3.05, 3.63) is 76.9 Å². The molecule has 0 unspecified atom stereocenters. The first-order valence-electron chi connectivity index (χ1n) is 12.6. The van der Waals surface area contributed by atoms with Crippen molar-refractivity contribution in [2.24, 2.45) is 0 Å². The average molecular weight is 478 g/mol. The molecule has 0 bridgehead atoms. The van der Waals surface area contributed by atoms with Crippen molar-refractivity contribution in [3.8, 4) is 0 Å². The molecular weight excluding hydrogens is 438 g/mol. The first-order chi connectivity index (χ1) is 16.8. The van der Waals surface area contributed by atoms with Crippen molar-refractivity contribution in [2.75, 3.05) is 33.3 Å². The lowest BCUT2D eigenvalue weighted by Gasteiger charge is -2.44. The monoisotopic (exact) mass is 477 g/mol. The van der Waals surface area contributed by atoms with E-state index in [1.807, 2.05) is 29.2 Å². The zero-order chi connectivity index (χ0) is 25.4. The molecule has 1 amide bonds. The molecule has 0 saturated carbocycles. The lowest BCUT2D eigenvalue weighted by atomic mass is 10.0. The number of benzene rings is 2. The quantitative estimate of drug-likeness (QED) is 0.395. The van der Waals surface area contributed by atoms with E-state index < -0.39 is 0 Å². The Bertz CT molecular complexity index is 1000. The number of ether oxygens (including phenoxy) is 1. The van der Waals surface area contributed by atoms with E-state index in [1.165, 1.54) is 24.3 Å². The average Bonchev–Trinajstić information content (AvgIpc) is 2.88. The maximum absolute atomic E-state index is 13.4. The minimum Gasteiger partial charge on any atom is -0.466 e. The smallest absolute Gasteiger partial charge is 0.330 e. The van der Waals surface area contributed by atoms with Crippen molar-refractivity contribution in [2.45, 2.75) is 52.9 Å². The highest BCUT2D eigenvalue weighted by Crippen LogP contribution is 2.22. The molecule has 2 aromatic rings. The zero-order valence-electron chi connectivity index (χ0n) is 21.7. The van der Waals surface area contributed by atoms with E-state index in [0.29, 0.717) is 13.1 Å². The lowest BCUT2D eigenvalue weighted by Crippen LogP contribution is -2.57. The summed E-state index contributed by atoms with van der Waals surface area (Å²) in [5.74, 6) is -0.244. The number of hydrogen-bond acceptors (Lipinski definition) is 5. The standard InChI is InChI=1S/C29H39N3O3/c1-6-30(7-2)20-26-9-8-10-27(17-26)29(34)31-18-22(3)32(23(4)19-31)21-25-13-11-24(12-14-25)15-16-28(33)35-5/h8-17,22-23H,6-7,18-21H2,1-5H3/b16-15+/t22-,23+. The Balaban J connectivity index is 1.62. The SMILES string of the molecule is CCN(CC)Cc1cccc(C(=O)N2C[C@@H](C)N(Cc3ccc(/C=C/C(=O)OC)cc3)[C@@H](C)C2)c1. The van der Waals surface area contributed by atoms with Gasteiger partial charge in [0.2, 0.25) is 0 Å². The van der Waals surface area contributed by atoms with Crippen LogP contribution in [0.5, 0.6) is 0 Å². The minimum absolute atomic E-state index is 0.117. The molecule has 0 spiro atoms. The summed E-state index contributed by atoms with van der Waals surface area (Å²) in [5, 5.41) is 0. The highest BCUT2D eigenvalue weighted by atomic mass is 16.5. The number of methoxy groups -OCH3 is 1. The predicted molar refractivity (Wildman–Crippen MR) is 141 cm³/mol. The molecule has 0 aromatic heterocycles. The summed E-state index contributed by atoms with van der Waals surface area (Å²) in [4.78, 5) is 31.5. The van der Waals surface area contributed by atoms with Crippen LogP contribution in [0.15, 0.2) is 54.6 Å². The first kappa shape index (κ1) is 26.6. The van der Waals surface area contributed by atoms with E-state index in [9.17, 15) is 9.59 Å². The second-order valence-corrected chi connectivity index (χ2v) is 9.34. The van der Waals surface area contributed by atoms with Gasteiger partial charge in [-0.2, -0.15) is 0 Å². The van der Waals surface area contributed by atoms with Crippen molar-refractivity contribution in [1.82, 2.24) is 14.7 Å². The molecule has 6 nitrogen and oxygen atoms in total. The number of nitrogens with zero attached hydrogens (tertiary/aromatic N) is 3. The van der Waals surface area contributed by atoms with Gasteiger partial charge in [-0.25, -0.2) is 4.79 Å². The third kappa shape index (κ3) is 7.26. The van der Waals surface area contributed by atoms with Crippen molar-refractivity contribution >= 4 is 18.0 Å². The van der Waals surface area contributed by atoms with E-state index in [0.717, 1.165) is 37.3 Å². The Morgan fingerprint density at radius 2 is 1.66 bits per heavy atom. The van der Waals surface area contributed by atoms with Crippen LogP contribution in [-0.2, 0) is 22.6 Å². The second-order valence-electron chi connectivity index (χ2n) is 9.34. The van der Waals surface area contributed by atoms with Crippen LogP contribution in [0.3, 0.4) is 0 Å². The summed E-state index contributed by atoms with van der Waals surface area (Å²) in [6.45, 7) is 13.8. The highest BCUT2D eigenvalue weighted by Gasteiger charge is 2.32.